The molecule has 27 heavy (non-hydrogen) atoms. The average molecular weight is 370 g/mol. The zero-order valence-corrected chi connectivity index (χ0v) is 15.2. The van der Waals surface area contributed by atoms with Crippen LogP contribution < -0.4 is 10.6 Å². The van der Waals surface area contributed by atoms with E-state index in [1.807, 2.05) is 30.3 Å². The summed E-state index contributed by atoms with van der Waals surface area (Å²) < 4.78 is 5.16. The molecule has 0 spiro atoms. The maximum Gasteiger partial charge on any atom is 0.408 e. The number of rotatable bonds is 7. The Morgan fingerprint density at radius 2 is 1.67 bits per heavy atom. The largest absolute Gasteiger partial charge is 0.478 e. The highest BCUT2D eigenvalue weighted by Crippen LogP contribution is 2.19. The van der Waals surface area contributed by atoms with Crippen molar-refractivity contribution in [2.75, 3.05) is 5.32 Å². The van der Waals surface area contributed by atoms with Gasteiger partial charge >= 0.3 is 12.1 Å². The Labute approximate surface area is 157 Å². The number of hydrogen-bond donors (Lipinski definition) is 3. The van der Waals surface area contributed by atoms with Gasteiger partial charge in [0.25, 0.3) is 0 Å². The number of carbonyl (C=O) groups excluding carboxylic acids is 2. The summed E-state index contributed by atoms with van der Waals surface area (Å²) in [6, 6.07) is 15.2. The van der Waals surface area contributed by atoms with E-state index in [0.29, 0.717) is 0 Å². The van der Waals surface area contributed by atoms with Crippen molar-refractivity contribution in [3.05, 3.63) is 65.7 Å². The van der Waals surface area contributed by atoms with Crippen LogP contribution in [-0.4, -0.2) is 28.6 Å². The molecular weight excluding hydrogens is 348 g/mol. The third-order valence-corrected chi connectivity index (χ3v) is 4.20. The molecule has 2 amide bonds. The number of carboxylic acid groups (broad SMARTS) is 1. The van der Waals surface area contributed by atoms with Gasteiger partial charge in [0.05, 0.1) is 11.3 Å². The van der Waals surface area contributed by atoms with Gasteiger partial charge in [0, 0.05) is 0 Å². The van der Waals surface area contributed by atoms with Crippen LogP contribution in [0.2, 0.25) is 0 Å². The molecule has 7 nitrogen and oxygen atoms in total. The summed E-state index contributed by atoms with van der Waals surface area (Å²) in [5, 5.41) is 14.4. The van der Waals surface area contributed by atoms with E-state index in [2.05, 4.69) is 10.6 Å². The lowest BCUT2D eigenvalue weighted by Gasteiger charge is -2.28. The number of hydrogen-bond acceptors (Lipinski definition) is 4. The molecule has 142 valence electrons. The van der Waals surface area contributed by atoms with Gasteiger partial charge in [0.15, 0.2) is 0 Å². The highest BCUT2D eigenvalue weighted by Gasteiger charge is 2.34. The van der Waals surface area contributed by atoms with Gasteiger partial charge in [-0.25, -0.2) is 9.59 Å². The van der Waals surface area contributed by atoms with Crippen molar-refractivity contribution in [3.8, 4) is 0 Å². The third kappa shape index (κ3) is 5.31. The van der Waals surface area contributed by atoms with E-state index >= 15 is 0 Å². The zero-order valence-electron chi connectivity index (χ0n) is 15.2. The Bertz CT molecular complexity index is 822. The zero-order chi connectivity index (χ0) is 19.9. The molecule has 0 heterocycles. The quantitative estimate of drug-likeness (QED) is 0.693. The monoisotopic (exact) mass is 370 g/mol. The molecule has 0 aliphatic rings. The molecule has 2 rings (SSSR count). The fraction of sp³-hybridized carbons (Fsp3) is 0.250. The van der Waals surface area contributed by atoms with Crippen molar-refractivity contribution in [1.82, 2.24) is 5.32 Å². The van der Waals surface area contributed by atoms with Gasteiger partial charge in [-0.2, -0.15) is 0 Å². The van der Waals surface area contributed by atoms with E-state index in [1.165, 1.54) is 12.1 Å². The topological polar surface area (TPSA) is 105 Å². The smallest absolute Gasteiger partial charge is 0.408 e. The fourth-order valence-electron chi connectivity index (χ4n) is 2.33. The minimum absolute atomic E-state index is 0.0315. The number of benzene rings is 2. The van der Waals surface area contributed by atoms with Gasteiger partial charge in [-0.1, -0.05) is 49.4 Å². The van der Waals surface area contributed by atoms with Gasteiger partial charge in [0.2, 0.25) is 5.91 Å². The van der Waals surface area contributed by atoms with Crippen LogP contribution in [-0.2, 0) is 16.1 Å². The van der Waals surface area contributed by atoms with Crippen LogP contribution in [0.25, 0.3) is 0 Å². The lowest BCUT2D eigenvalue weighted by molar-refractivity contribution is -0.121. The third-order valence-electron chi connectivity index (χ3n) is 4.20. The minimum Gasteiger partial charge on any atom is -0.478 e. The van der Waals surface area contributed by atoms with Gasteiger partial charge in [-0.05, 0) is 31.0 Å². The first-order valence-corrected chi connectivity index (χ1v) is 8.48. The van der Waals surface area contributed by atoms with Crippen molar-refractivity contribution in [3.63, 3.8) is 0 Å². The summed E-state index contributed by atoms with van der Waals surface area (Å²) >= 11 is 0. The van der Waals surface area contributed by atoms with Crippen molar-refractivity contribution in [2.45, 2.75) is 32.4 Å². The van der Waals surface area contributed by atoms with Crippen LogP contribution in [0.4, 0.5) is 10.5 Å². The van der Waals surface area contributed by atoms with E-state index in [9.17, 15) is 19.5 Å². The van der Waals surface area contributed by atoms with Crippen LogP contribution in [0, 0.1) is 0 Å². The summed E-state index contributed by atoms with van der Waals surface area (Å²) in [6.45, 7) is 3.37. The normalized spacial score (nSPS) is 12.5. The number of alkyl carbamates (subject to hydrolysis) is 1. The van der Waals surface area contributed by atoms with E-state index in [1.54, 1.807) is 26.0 Å². The van der Waals surface area contributed by atoms with Crippen LogP contribution in [0.5, 0.6) is 0 Å². The predicted molar refractivity (Wildman–Crippen MR) is 100 cm³/mol. The van der Waals surface area contributed by atoms with Crippen LogP contribution in [0.3, 0.4) is 0 Å². The van der Waals surface area contributed by atoms with E-state index in [0.717, 1.165) is 5.56 Å². The molecule has 2 aromatic carbocycles. The first-order chi connectivity index (χ1) is 12.9. The Morgan fingerprint density at radius 3 is 2.30 bits per heavy atom. The Morgan fingerprint density at radius 1 is 1.04 bits per heavy atom. The molecule has 1 unspecified atom stereocenters. The maximum atomic E-state index is 12.7. The van der Waals surface area contributed by atoms with Crippen molar-refractivity contribution in [2.24, 2.45) is 0 Å². The number of ether oxygens (including phenoxy) is 1. The summed E-state index contributed by atoms with van der Waals surface area (Å²) in [6.07, 6.45) is -0.445. The molecule has 0 fully saturated rings. The van der Waals surface area contributed by atoms with Crippen molar-refractivity contribution >= 4 is 23.7 Å². The van der Waals surface area contributed by atoms with E-state index in [4.69, 9.17) is 4.74 Å². The fourth-order valence-corrected chi connectivity index (χ4v) is 2.33. The van der Waals surface area contributed by atoms with Gasteiger partial charge in [0.1, 0.15) is 12.1 Å². The number of carbonyl (C=O) groups is 3. The molecule has 0 saturated carbocycles. The Balaban J connectivity index is 2.03. The number of para-hydroxylation sites is 1. The van der Waals surface area contributed by atoms with Crippen molar-refractivity contribution < 1.29 is 24.2 Å². The summed E-state index contributed by atoms with van der Waals surface area (Å²) in [5.74, 6) is -1.69. The molecule has 0 aliphatic carbocycles. The molecule has 0 radical (unpaired) electrons. The minimum atomic E-state index is -1.26. The Hall–Kier alpha value is -3.35. The highest BCUT2D eigenvalue weighted by molar-refractivity contribution is 6.04. The highest BCUT2D eigenvalue weighted by atomic mass is 16.5. The molecule has 7 heteroatoms. The molecular formula is C20H22N2O5. The van der Waals surface area contributed by atoms with Gasteiger partial charge < -0.3 is 20.5 Å². The number of nitrogens with one attached hydrogen (secondary N) is 2. The molecule has 0 bridgehead atoms. The average Bonchev–Trinajstić information content (AvgIpc) is 2.67. The SMILES string of the molecule is CCC(C)(NC(=O)OCc1ccccc1)C(=O)Nc1ccccc1C(=O)O. The van der Waals surface area contributed by atoms with Crippen LogP contribution in [0.1, 0.15) is 36.2 Å². The summed E-state index contributed by atoms with van der Waals surface area (Å²) in [7, 11) is 0. The molecule has 0 saturated heterocycles. The second-order valence-electron chi connectivity index (χ2n) is 6.18. The molecule has 0 aliphatic heterocycles. The molecule has 0 aromatic heterocycles. The predicted octanol–water partition coefficient (Wildman–Crippen LogP) is 3.42. The first kappa shape index (κ1) is 20.0. The number of anilines is 1. The molecule has 3 N–H and O–H groups in total. The van der Waals surface area contributed by atoms with Crippen molar-refractivity contribution in [1.29, 1.82) is 0 Å². The number of aromatic carboxylic acids is 1. The Kier molecular flexibility index (Phi) is 6.54. The molecule has 2 aromatic rings. The second-order valence-corrected chi connectivity index (χ2v) is 6.18. The standard InChI is InChI=1S/C20H22N2O5/c1-3-20(2,22-19(26)27-13-14-9-5-4-6-10-14)18(25)21-16-12-8-7-11-15(16)17(23)24/h4-12H,3,13H2,1-2H3,(H,21,25)(H,22,26)(H,23,24). The van der Waals surface area contributed by atoms with Gasteiger partial charge in [-0.3, -0.25) is 4.79 Å². The summed E-state index contributed by atoms with van der Waals surface area (Å²) in [5.41, 5.74) is -0.310. The van der Waals surface area contributed by atoms with Gasteiger partial charge in [-0.15, -0.1) is 0 Å². The first-order valence-electron chi connectivity index (χ1n) is 8.48. The lowest BCUT2D eigenvalue weighted by atomic mass is 9.97. The molecule has 1 atom stereocenters. The maximum absolute atomic E-state index is 12.7. The second kappa shape index (κ2) is 8.84. The lowest BCUT2D eigenvalue weighted by Crippen LogP contribution is -2.54. The van der Waals surface area contributed by atoms with E-state index in [-0.39, 0.29) is 24.3 Å². The van der Waals surface area contributed by atoms with Crippen LogP contribution in [0.15, 0.2) is 54.6 Å². The number of amides is 2. The summed E-state index contributed by atoms with van der Waals surface area (Å²) in [4.78, 5) is 36.1. The van der Waals surface area contributed by atoms with E-state index < -0.39 is 23.5 Å². The number of carboxylic acids is 1. The van der Waals surface area contributed by atoms with Crippen LogP contribution >= 0.6 is 0 Å².